The molecule has 2 heterocycles. The van der Waals surface area contributed by atoms with E-state index in [1.54, 1.807) is 0 Å². The van der Waals surface area contributed by atoms with Gasteiger partial charge in [0.25, 0.3) is 0 Å². The van der Waals surface area contributed by atoms with E-state index in [4.69, 9.17) is 17.3 Å². The van der Waals surface area contributed by atoms with E-state index in [2.05, 4.69) is 5.10 Å². The molecule has 108 valence electrons. The lowest BCUT2D eigenvalue weighted by atomic mass is 9.94. The summed E-state index contributed by atoms with van der Waals surface area (Å²) in [7, 11) is -3.00. The lowest BCUT2D eigenvalue weighted by Crippen LogP contribution is -2.43. The Morgan fingerprint density at radius 1 is 1.47 bits per heavy atom. The molecule has 1 unspecified atom stereocenters. The zero-order valence-electron chi connectivity index (χ0n) is 11.3. The number of rotatable bonds is 4. The van der Waals surface area contributed by atoms with Crippen molar-refractivity contribution in [3.63, 3.8) is 0 Å². The number of hydrogen-bond donors (Lipinski definition) is 1. The van der Waals surface area contributed by atoms with Gasteiger partial charge in [-0.05, 0) is 19.8 Å². The molecule has 1 aliphatic heterocycles. The van der Waals surface area contributed by atoms with Crippen molar-refractivity contribution < 1.29 is 8.42 Å². The van der Waals surface area contributed by atoms with E-state index in [0.717, 1.165) is 17.8 Å². The van der Waals surface area contributed by atoms with Gasteiger partial charge in [-0.25, -0.2) is 8.42 Å². The molecule has 0 aromatic carbocycles. The van der Waals surface area contributed by atoms with Crippen molar-refractivity contribution in [3.8, 4) is 0 Å². The first-order chi connectivity index (χ1) is 8.80. The topological polar surface area (TPSA) is 78.0 Å². The van der Waals surface area contributed by atoms with Crippen molar-refractivity contribution in [2.45, 2.75) is 45.2 Å². The molecule has 1 aromatic rings. The number of sulfone groups is 1. The maximum atomic E-state index is 11.6. The summed E-state index contributed by atoms with van der Waals surface area (Å²) in [4.78, 5) is 0. The van der Waals surface area contributed by atoms with E-state index in [1.807, 2.05) is 18.5 Å². The highest BCUT2D eigenvalue weighted by atomic mass is 35.5. The molecule has 0 aliphatic carbocycles. The van der Waals surface area contributed by atoms with Crippen LogP contribution in [0, 0.1) is 0 Å². The molecule has 5 nitrogen and oxygen atoms in total. The molecule has 2 rings (SSSR count). The molecule has 1 aromatic heterocycles. The molecule has 1 aliphatic rings. The van der Waals surface area contributed by atoms with Crippen LogP contribution in [0.5, 0.6) is 0 Å². The highest BCUT2D eigenvalue weighted by Gasteiger charge is 2.40. The van der Waals surface area contributed by atoms with Gasteiger partial charge >= 0.3 is 0 Å². The minimum absolute atomic E-state index is 0.0344. The Balaban J connectivity index is 2.31. The smallest absolute Gasteiger partial charge is 0.152 e. The number of hydrogen-bond acceptors (Lipinski definition) is 4. The predicted molar refractivity (Wildman–Crippen MR) is 76.2 cm³/mol. The van der Waals surface area contributed by atoms with Gasteiger partial charge in [-0.15, -0.1) is 0 Å². The molecule has 1 atom stereocenters. The first-order valence-electron chi connectivity index (χ1n) is 6.53. The largest absolute Gasteiger partial charge is 0.324 e. The lowest BCUT2D eigenvalue weighted by molar-refractivity contribution is 0.453. The molecule has 1 fully saturated rings. The minimum atomic E-state index is -3.00. The third kappa shape index (κ3) is 2.95. The molecule has 0 amide bonds. The average molecular weight is 306 g/mol. The third-order valence-electron chi connectivity index (χ3n) is 3.63. The molecular weight excluding hydrogens is 286 g/mol. The van der Waals surface area contributed by atoms with Gasteiger partial charge in [0.05, 0.1) is 27.9 Å². The molecule has 2 N–H and O–H groups in total. The summed E-state index contributed by atoms with van der Waals surface area (Å²) in [6.45, 7) is 4.69. The molecule has 0 radical (unpaired) electrons. The predicted octanol–water partition coefficient (Wildman–Crippen LogP) is 1.18. The van der Waals surface area contributed by atoms with Crippen LogP contribution < -0.4 is 5.73 Å². The summed E-state index contributed by atoms with van der Waals surface area (Å²) in [5, 5.41) is 5.07. The molecular formula is C12H20ClN3O2S. The quantitative estimate of drug-likeness (QED) is 0.906. The molecule has 0 bridgehead atoms. The summed E-state index contributed by atoms with van der Waals surface area (Å²) in [6, 6.07) is 0. The van der Waals surface area contributed by atoms with E-state index in [0.29, 0.717) is 24.4 Å². The molecule has 7 heteroatoms. The fraction of sp³-hybridized carbons (Fsp3) is 0.750. The number of aromatic nitrogens is 2. The van der Waals surface area contributed by atoms with Gasteiger partial charge < -0.3 is 5.73 Å². The first kappa shape index (κ1) is 14.8. The first-order valence-corrected chi connectivity index (χ1v) is 8.73. The number of halogens is 1. The van der Waals surface area contributed by atoms with E-state index >= 15 is 0 Å². The number of nitrogens with zero attached hydrogens (tertiary/aromatic N) is 2. The van der Waals surface area contributed by atoms with Gasteiger partial charge in [-0.2, -0.15) is 5.10 Å². The SMILES string of the molecule is CCc1nn(CC)c(CC2(N)CCS(=O)(=O)C2)c1Cl. The van der Waals surface area contributed by atoms with Crippen LogP contribution in [-0.4, -0.2) is 35.2 Å². The Labute approximate surface area is 119 Å². The van der Waals surface area contributed by atoms with Gasteiger partial charge in [0.15, 0.2) is 9.84 Å². The highest BCUT2D eigenvalue weighted by Crippen LogP contribution is 2.30. The van der Waals surface area contributed by atoms with Crippen LogP contribution in [0.3, 0.4) is 0 Å². The van der Waals surface area contributed by atoms with Crippen molar-refractivity contribution in [1.29, 1.82) is 0 Å². The molecule has 0 saturated carbocycles. The van der Waals surface area contributed by atoms with Gasteiger partial charge in [-0.1, -0.05) is 18.5 Å². The Morgan fingerprint density at radius 2 is 2.16 bits per heavy atom. The number of nitrogens with two attached hydrogens (primary N) is 1. The second kappa shape index (κ2) is 5.07. The fourth-order valence-electron chi connectivity index (χ4n) is 2.60. The number of aryl methyl sites for hydroxylation is 2. The van der Waals surface area contributed by atoms with E-state index in [1.165, 1.54) is 0 Å². The summed E-state index contributed by atoms with van der Waals surface area (Å²) in [5.74, 6) is 0.203. The van der Waals surface area contributed by atoms with Gasteiger partial charge in [0.2, 0.25) is 0 Å². The van der Waals surface area contributed by atoms with Crippen LogP contribution in [0.4, 0.5) is 0 Å². The summed E-state index contributed by atoms with van der Waals surface area (Å²) in [5.41, 5.74) is 7.23. The van der Waals surface area contributed by atoms with Crippen molar-refractivity contribution >= 4 is 21.4 Å². The second-order valence-electron chi connectivity index (χ2n) is 5.26. The molecule has 1 saturated heterocycles. The average Bonchev–Trinajstić information content (AvgIpc) is 2.78. The fourth-order valence-corrected chi connectivity index (χ4v) is 4.92. The Morgan fingerprint density at radius 3 is 2.63 bits per heavy atom. The van der Waals surface area contributed by atoms with Crippen LogP contribution >= 0.6 is 11.6 Å². The van der Waals surface area contributed by atoms with E-state index in [9.17, 15) is 8.42 Å². The van der Waals surface area contributed by atoms with Crippen LogP contribution in [-0.2, 0) is 29.2 Å². The van der Waals surface area contributed by atoms with Crippen LogP contribution in [0.25, 0.3) is 0 Å². The van der Waals surface area contributed by atoms with Crippen molar-refractivity contribution in [3.05, 3.63) is 16.4 Å². The zero-order valence-corrected chi connectivity index (χ0v) is 12.9. The van der Waals surface area contributed by atoms with Crippen molar-refractivity contribution in [2.75, 3.05) is 11.5 Å². The van der Waals surface area contributed by atoms with Crippen molar-refractivity contribution in [1.82, 2.24) is 9.78 Å². The Hall–Kier alpha value is -0.590. The van der Waals surface area contributed by atoms with Gasteiger partial charge in [0.1, 0.15) is 0 Å². The van der Waals surface area contributed by atoms with Crippen molar-refractivity contribution in [2.24, 2.45) is 5.73 Å². The van der Waals surface area contributed by atoms with Crippen LogP contribution in [0.15, 0.2) is 0 Å². The minimum Gasteiger partial charge on any atom is -0.324 e. The highest BCUT2D eigenvalue weighted by molar-refractivity contribution is 7.91. The monoisotopic (exact) mass is 305 g/mol. The zero-order chi connectivity index (χ0) is 14.3. The van der Waals surface area contributed by atoms with E-state index < -0.39 is 15.4 Å². The Kier molecular flexibility index (Phi) is 3.95. The van der Waals surface area contributed by atoms with E-state index in [-0.39, 0.29) is 11.5 Å². The standard InChI is InChI=1S/C12H20ClN3O2S/c1-3-9-11(13)10(16(4-2)15-9)7-12(14)5-6-19(17,18)8-12/h3-8,14H2,1-2H3. The summed E-state index contributed by atoms with van der Waals surface area (Å²) < 4.78 is 25.0. The van der Waals surface area contributed by atoms with Crippen LogP contribution in [0.1, 0.15) is 31.7 Å². The maximum Gasteiger partial charge on any atom is 0.152 e. The van der Waals surface area contributed by atoms with Gasteiger partial charge in [0, 0.05) is 18.5 Å². The summed E-state index contributed by atoms with van der Waals surface area (Å²) >= 11 is 6.33. The second-order valence-corrected chi connectivity index (χ2v) is 7.82. The lowest BCUT2D eigenvalue weighted by Gasteiger charge is -2.22. The van der Waals surface area contributed by atoms with Gasteiger partial charge in [-0.3, -0.25) is 4.68 Å². The van der Waals surface area contributed by atoms with Crippen LogP contribution in [0.2, 0.25) is 5.02 Å². The Bertz CT molecular complexity index is 582. The normalized spacial score (nSPS) is 25.9. The summed E-state index contributed by atoms with van der Waals surface area (Å²) in [6.07, 6.45) is 1.71. The molecule has 19 heavy (non-hydrogen) atoms. The maximum absolute atomic E-state index is 11.6. The third-order valence-corrected chi connectivity index (χ3v) is 5.91. The molecule has 0 spiro atoms.